The summed E-state index contributed by atoms with van der Waals surface area (Å²) in [5, 5.41) is 6.40. The second-order valence-electron chi connectivity index (χ2n) is 6.75. The largest absolute Gasteiger partial charge is 0.494 e. The van der Waals surface area contributed by atoms with E-state index in [0.717, 1.165) is 16.0 Å². The molecular weight excluding hydrogens is 410 g/mol. The first-order valence-corrected chi connectivity index (χ1v) is 10.5. The molecule has 2 aromatic carbocycles. The molecule has 0 saturated carbocycles. The van der Waals surface area contributed by atoms with Crippen molar-refractivity contribution in [3.63, 3.8) is 0 Å². The first kappa shape index (κ1) is 21.1. The Bertz CT molecular complexity index is 1030. The highest BCUT2D eigenvalue weighted by atomic mass is 35.5. The minimum absolute atomic E-state index is 0.125. The smallest absolute Gasteiger partial charge is 0.253 e. The number of thiazole rings is 1. The van der Waals surface area contributed by atoms with Crippen molar-refractivity contribution in [1.29, 1.82) is 0 Å². The molecule has 1 aromatic heterocycles. The number of ether oxygens (including phenoxy) is 1. The molecule has 0 bridgehead atoms. The quantitative estimate of drug-likeness (QED) is 0.566. The average molecular weight is 432 g/mol. The van der Waals surface area contributed by atoms with Gasteiger partial charge in [0.15, 0.2) is 5.13 Å². The van der Waals surface area contributed by atoms with Crippen LogP contribution >= 0.6 is 22.9 Å². The Morgan fingerprint density at radius 1 is 1.21 bits per heavy atom. The second-order valence-corrected chi connectivity index (χ2v) is 8.18. The highest BCUT2D eigenvalue weighted by Crippen LogP contribution is 2.29. The number of anilines is 1. The van der Waals surface area contributed by atoms with Crippen LogP contribution < -0.4 is 15.4 Å². The summed E-state index contributed by atoms with van der Waals surface area (Å²) in [6.45, 7) is 6.23. The first-order chi connectivity index (χ1) is 13.9. The van der Waals surface area contributed by atoms with E-state index in [-0.39, 0.29) is 11.8 Å². The summed E-state index contributed by atoms with van der Waals surface area (Å²) >= 11 is 7.45. The molecule has 0 fully saturated rings. The van der Waals surface area contributed by atoms with E-state index in [1.54, 1.807) is 24.3 Å². The topological polar surface area (TPSA) is 80.3 Å². The minimum atomic E-state index is -0.732. The van der Waals surface area contributed by atoms with Crippen molar-refractivity contribution in [3.8, 4) is 5.75 Å². The van der Waals surface area contributed by atoms with Crippen molar-refractivity contribution in [1.82, 2.24) is 10.3 Å². The zero-order chi connectivity index (χ0) is 21.0. The summed E-state index contributed by atoms with van der Waals surface area (Å²) < 4.78 is 6.41. The minimum Gasteiger partial charge on any atom is -0.494 e. The lowest BCUT2D eigenvalue weighted by molar-refractivity contribution is -0.118. The van der Waals surface area contributed by atoms with E-state index in [0.29, 0.717) is 22.3 Å². The molecule has 0 unspecified atom stereocenters. The molecule has 0 saturated heterocycles. The van der Waals surface area contributed by atoms with Crippen molar-refractivity contribution in [2.24, 2.45) is 5.92 Å². The summed E-state index contributed by atoms with van der Waals surface area (Å²) in [4.78, 5) is 29.9. The van der Waals surface area contributed by atoms with E-state index in [1.165, 1.54) is 11.3 Å². The summed E-state index contributed by atoms with van der Waals surface area (Å²) in [5.41, 5.74) is 1.10. The molecule has 0 radical (unpaired) electrons. The third-order valence-electron chi connectivity index (χ3n) is 4.26. The molecular formula is C21H22ClN3O3S. The fourth-order valence-electron chi connectivity index (χ4n) is 2.80. The van der Waals surface area contributed by atoms with Crippen LogP contribution in [-0.4, -0.2) is 29.4 Å². The van der Waals surface area contributed by atoms with Crippen LogP contribution in [0.25, 0.3) is 10.2 Å². The molecule has 1 atom stereocenters. The second kappa shape index (κ2) is 9.24. The normalized spacial score (nSPS) is 12.0. The van der Waals surface area contributed by atoms with Crippen LogP contribution in [0.5, 0.6) is 5.75 Å². The number of rotatable bonds is 7. The Labute approximate surface area is 178 Å². The zero-order valence-corrected chi connectivity index (χ0v) is 17.9. The number of fused-ring (bicyclic) bond motifs is 1. The van der Waals surface area contributed by atoms with Gasteiger partial charge in [0.25, 0.3) is 5.91 Å². The lowest BCUT2D eigenvalue weighted by Crippen LogP contribution is -2.47. The molecule has 3 aromatic rings. The number of halogens is 1. The molecule has 29 heavy (non-hydrogen) atoms. The number of aromatic nitrogens is 1. The first-order valence-electron chi connectivity index (χ1n) is 9.28. The third kappa shape index (κ3) is 5.05. The van der Waals surface area contributed by atoms with Crippen LogP contribution in [0.15, 0.2) is 42.5 Å². The van der Waals surface area contributed by atoms with Crippen molar-refractivity contribution in [2.75, 3.05) is 11.9 Å². The third-order valence-corrected chi connectivity index (χ3v) is 5.52. The Hall–Kier alpha value is -2.64. The van der Waals surface area contributed by atoms with Gasteiger partial charge >= 0.3 is 0 Å². The predicted molar refractivity (Wildman–Crippen MR) is 117 cm³/mol. The van der Waals surface area contributed by atoms with E-state index in [4.69, 9.17) is 16.3 Å². The van der Waals surface area contributed by atoms with E-state index < -0.39 is 11.9 Å². The van der Waals surface area contributed by atoms with Crippen LogP contribution in [0.3, 0.4) is 0 Å². The van der Waals surface area contributed by atoms with E-state index >= 15 is 0 Å². The Morgan fingerprint density at radius 2 is 1.97 bits per heavy atom. The SMILES string of the molecule is CCOc1ccc2nc(NC(=O)[C@@H](NC(=O)c3ccccc3Cl)C(C)C)sc2c1. The number of hydrogen-bond acceptors (Lipinski definition) is 5. The molecule has 0 aliphatic carbocycles. The lowest BCUT2D eigenvalue weighted by atomic mass is 10.0. The molecule has 2 amide bonds. The molecule has 0 spiro atoms. The van der Waals surface area contributed by atoms with Crippen LogP contribution in [0.4, 0.5) is 5.13 Å². The van der Waals surface area contributed by atoms with Gasteiger partial charge in [0.2, 0.25) is 5.91 Å². The van der Waals surface area contributed by atoms with Gasteiger partial charge in [0.05, 0.1) is 27.4 Å². The van der Waals surface area contributed by atoms with Crippen LogP contribution in [0, 0.1) is 5.92 Å². The Balaban J connectivity index is 1.75. The molecule has 6 nitrogen and oxygen atoms in total. The maximum atomic E-state index is 12.8. The number of nitrogens with one attached hydrogen (secondary N) is 2. The van der Waals surface area contributed by atoms with Crippen molar-refractivity contribution in [3.05, 3.63) is 53.1 Å². The summed E-state index contributed by atoms with van der Waals surface area (Å²) in [6.07, 6.45) is 0. The number of hydrogen-bond donors (Lipinski definition) is 2. The molecule has 3 rings (SSSR count). The van der Waals surface area contributed by atoms with Gasteiger partial charge in [-0.25, -0.2) is 4.98 Å². The van der Waals surface area contributed by atoms with E-state index in [1.807, 2.05) is 39.0 Å². The van der Waals surface area contributed by atoms with Crippen LogP contribution in [-0.2, 0) is 4.79 Å². The van der Waals surface area contributed by atoms with Gasteiger partial charge in [-0.3, -0.25) is 9.59 Å². The lowest BCUT2D eigenvalue weighted by Gasteiger charge is -2.21. The highest BCUT2D eigenvalue weighted by Gasteiger charge is 2.26. The highest BCUT2D eigenvalue weighted by molar-refractivity contribution is 7.22. The predicted octanol–water partition coefficient (Wildman–Crippen LogP) is 4.74. The molecule has 2 N–H and O–H groups in total. The monoisotopic (exact) mass is 431 g/mol. The van der Waals surface area contributed by atoms with E-state index in [2.05, 4.69) is 15.6 Å². The number of carbonyl (C=O) groups excluding carboxylic acids is 2. The maximum Gasteiger partial charge on any atom is 0.253 e. The Kier molecular flexibility index (Phi) is 6.71. The van der Waals surface area contributed by atoms with Gasteiger partial charge in [0.1, 0.15) is 11.8 Å². The van der Waals surface area contributed by atoms with Gasteiger partial charge in [-0.1, -0.05) is 48.9 Å². The number of carbonyl (C=O) groups is 2. The standard InChI is InChI=1S/C21H22ClN3O3S/c1-4-28-13-9-10-16-17(11-13)29-21(23-16)25-20(27)18(12(2)3)24-19(26)14-7-5-6-8-15(14)22/h5-12,18H,4H2,1-3H3,(H,24,26)(H,23,25,27)/t18-/m0/s1. The Morgan fingerprint density at radius 3 is 2.66 bits per heavy atom. The van der Waals surface area contributed by atoms with Gasteiger partial charge in [-0.05, 0) is 43.2 Å². The average Bonchev–Trinajstić information content (AvgIpc) is 3.07. The maximum absolute atomic E-state index is 12.8. The van der Waals surface area contributed by atoms with Crippen molar-refractivity contribution in [2.45, 2.75) is 26.8 Å². The zero-order valence-electron chi connectivity index (χ0n) is 16.4. The fourth-order valence-corrected chi connectivity index (χ4v) is 3.92. The molecule has 152 valence electrons. The number of nitrogens with zero attached hydrogens (tertiary/aromatic N) is 1. The molecule has 8 heteroatoms. The van der Waals surface area contributed by atoms with E-state index in [9.17, 15) is 9.59 Å². The summed E-state index contributed by atoms with van der Waals surface area (Å²) in [7, 11) is 0. The van der Waals surface area contributed by atoms with Gasteiger partial charge < -0.3 is 15.4 Å². The van der Waals surface area contributed by atoms with Crippen LogP contribution in [0.2, 0.25) is 5.02 Å². The molecule has 0 aliphatic rings. The molecule has 1 heterocycles. The van der Waals surface area contributed by atoms with Crippen molar-refractivity contribution < 1.29 is 14.3 Å². The van der Waals surface area contributed by atoms with Gasteiger partial charge in [0, 0.05) is 0 Å². The number of amides is 2. The van der Waals surface area contributed by atoms with Gasteiger partial charge in [-0.15, -0.1) is 0 Å². The van der Waals surface area contributed by atoms with Gasteiger partial charge in [-0.2, -0.15) is 0 Å². The molecule has 0 aliphatic heterocycles. The number of benzene rings is 2. The fraction of sp³-hybridized carbons (Fsp3) is 0.286. The summed E-state index contributed by atoms with van der Waals surface area (Å²) in [6, 6.07) is 11.6. The summed E-state index contributed by atoms with van der Waals surface area (Å²) in [5.74, 6) is -0.0893. The van der Waals surface area contributed by atoms with Crippen LogP contribution in [0.1, 0.15) is 31.1 Å². The van der Waals surface area contributed by atoms with Crippen molar-refractivity contribution >= 4 is 50.1 Å².